The van der Waals surface area contributed by atoms with Crippen molar-refractivity contribution in [2.45, 2.75) is 52.2 Å². The summed E-state index contributed by atoms with van der Waals surface area (Å²) in [5.41, 5.74) is 1.31. The van der Waals surface area contributed by atoms with E-state index in [1.807, 2.05) is 12.2 Å². The molecular formula is C16H26N2O. The Labute approximate surface area is 116 Å². The van der Waals surface area contributed by atoms with Crippen LogP contribution in [0.4, 0.5) is 0 Å². The van der Waals surface area contributed by atoms with Crippen molar-refractivity contribution in [2.75, 3.05) is 6.54 Å². The molecule has 3 heteroatoms. The van der Waals surface area contributed by atoms with Crippen molar-refractivity contribution in [3.05, 3.63) is 35.8 Å². The SMILES string of the molecule is CC(C)N(CCC1=CNC2C=CC=C(O)C12)C(C)C. The Kier molecular flexibility index (Phi) is 4.35. The van der Waals surface area contributed by atoms with E-state index in [1.54, 1.807) is 0 Å². The van der Waals surface area contributed by atoms with E-state index in [-0.39, 0.29) is 12.0 Å². The van der Waals surface area contributed by atoms with Crippen LogP contribution in [0.2, 0.25) is 0 Å². The number of fused-ring (bicyclic) bond motifs is 1. The zero-order valence-corrected chi connectivity index (χ0v) is 12.4. The van der Waals surface area contributed by atoms with Gasteiger partial charge in [-0.2, -0.15) is 0 Å². The van der Waals surface area contributed by atoms with Crippen LogP contribution in [-0.2, 0) is 0 Å². The lowest BCUT2D eigenvalue weighted by molar-refractivity contribution is 0.175. The van der Waals surface area contributed by atoms with Gasteiger partial charge in [0.15, 0.2) is 0 Å². The maximum atomic E-state index is 10.0. The molecule has 0 bridgehead atoms. The minimum atomic E-state index is 0.145. The molecular weight excluding hydrogens is 236 g/mol. The summed E-state index contributed by atoms with van der Waals surface area (Å²) in [7, 11) is 0. The minimum Gasteiger partial charge on any atom is -0.512 e. The molecule has 0 spiro atoms. The van der Waals surface area contributed by atoms with Crippen LogP contribution in [-0.4, -0.2) is 34.7 Å². The first kappa shape index (κ1) is 14.2. The second-order valence-corrected chi connectivity index (χ2v) is 6.04. The third-order valence-electron chi connectivity index (χ3n) is 4.11. The zero-order chi connectivity index (χ0) is 14.0. The summed E-state index contributed by atoms with van der Waals surface area (Å²) >= 11 is 0. The molecule has 0 saturated heterocycles. The van der Waals surface area contributed by atoms with E-state index in [9.17, 15) is 5.11 Å². The van der Waals surface area contributed by atoms with E-state index in [4.69, 9.17) is 0 Å². The summed E-state index contributed by atoms with van der Waals surface area (Å²) < 4.78 is 0. The molecule has 0 aromatic rings. The van der Waals surface area contributed by atoms with Gasteiger partial charge in [-0.3, -0.25) is 4.90 Å². The molecule has 1 heterocycles. The molecule has 0 aromatic heterocycles. The van der Waals surface area contributed by atoms with Crippen molar-refractivity contribution in [3.63, 3.8) is 0 Å². The van der Waals surface area contributed by atoms with Gasteiger partial charge in [0.05, 0.1) is 12.0 Å². The second-order valence-electron chi connectivity index (χ2n) is 6.04. The van der Waals surface area contributed by atoms with E-state index < -0.39 is 0 Å². The zero-order valence-electron chi connectivity index (χ0n) is 12.4. The Morgan fingerprint density at radius 1 is 1.26 bits per heavy atom. The highest BCUT2D eigenvalue weighted by molar-refractivity contribution is 5.34. The maximum Gasteiger partial charge on any atom is 0.102 e. The number of allylic oxidation sites excluding steroid dienone is 2. The first-order valence-electron chi connectivity index (χ1n) is 7.28. The van der Waals surface area contributed by atoms with Gasteiger partial charge < -0.3 is 10.4 Å². The van der Waals surface area contributed by atoms with Gasteiger partial charge in [0, 0.05) is 18.6 Å². The van der Waals surface area contributed by atoms with E-state index in [1.165, 1.54) is 5.57 Å². The number of hydrogen-bond donors (Lipinski definition) is 2. The van der Waals surface area contributed by atoms with Crippen molar-refractivity contribution < 1.29 is 5.11 Å². The maximum absolute atomic E-state index is 10.0. The number of nitrogens with one attached hydrogen (secondary N) is 1. The molecule has 2 atom stereocenters. The van der Waals surface area contributed by atoms with Gasteiger partial charge in [0.25, 0.3) is 0 Å². The lowest BCUT2D eigenvalue weighted by Gasteiger charge is -2.31. The van der Waals surface area contributed by atoms with Crippen molar-refractivity contribution >= 4 is 0 Å². The molecule has 0 fully saturated rings. The molecule has 1 aliphatic carbocycles. The predicted molar refractivity (Wildman–Crippen MR) is 79.9 cm³/mol. The average Bonchev–Trinajstić information content (AvgIpc) is 2.73. The van der Waals surface area contributed by atoms with Crippen LogP contribution in [0.5, 0.6) is 0 Å². The summed E-state index contributed by atoms with van der Waals surface area (Å²) in [4.78, 5) is 2.49. The second kappa shape index (κ2) is 5.83. The number of aliphatic hydroxyl groups is 1. The minimum absolute atomic E-state index is 0.145. The fraction of sp³-hybridized carbons (Fsp3) is 0.625. The van der Waals surface area contributed by atoms with Crippen molar-refractivity contribution in [2.24, 2.45) is 5.92 Å². The number of hydrogen-bond acceptors (Lipinski definition) is 3. The van der Waals surface area contributed by atoms with Crippen molar-refractivity contribution in [1.29, 1.82) is 0 Å². The molecule has 2 N–H and O–H groups in total. The highest BCUT2D eigenvalue weighted by Gasteiger charge is 2.32. The highest BCUT2D eigenvalue weighted by Crippen LogP contribution is 2.32. The van der Waals surface area contributed by atoms with Crippen LogP contribution in [0.1, 0.15) is 34.1 Å². The van der Waals surface area contributed by atoms with Gasteiger partial charge in [-0.15, -0.1) is 0 Å². The van der Waals surface area contributed by atoms with Gasteiger partial charge in [-0.05, 0) is 52.0 Å². The fourth-order valence-electron chi connectivity index (χ4n) is 3.14. The number of nitrogens with zero attached hydrogens (tertiary/aromatic N) is 1. The van der Waals surface area contributed by atoms with Crippen LogP contribution in [0.3, 0.4) is 0 Å². The molecule has 0 saturated carbocycles. The van der Waals surface area contributed by atoms with Crippen LogP contribution in [0.15, 0.2) is 35.8 Å². The largest absolute Gasteiger partial charge is 0.512 e. The van der Waals surface area contributed by atoms with E-state index in [2.05, 4.69) is 50.2 Å². The first-order valence-corrected chi connectivity index (χ1v) is 7.28. The summed E-state index contributed by atoms with van der Waals surface area (Å²) in [5.74, 6) is 0.635. The van der Waals surface area contributed by atoms with Gasteiger partial charge in [0.1, 0.15) is 5.76 Å². The number of rotatable bonds is 5. The Balaban J connectivity index is 1.97. The van der Waals surface area contributed by atoms with Gasteiger partial charge >= 0.3 is 0 Å². The Bertz CT molecular complexity index is 399. The van der Waals surface area contributed by atoms with Gasteiger partial charge in [-0.1, -0.05) is 12.2 Å². The monoisotopic (exact) mass is 262 g/mol. The Morgan fingerprint density at radius 3 is 2.58 bits per heavy atom. The van der Waals surface area contributed by atoms with Gasteiger partial charge in [0.2, 0.25) is 0 Å². The summed E-state index contributed by atoms with van der Waals surface area (Å²) in [6.07, 6.45) is 8.96. The average molecular weight is 262 g/mol. The Hall–Kier alpha value is -1.22. The van der Waals surface area contributed by atoms with Crippen molar-refractivity contribution in [1.82, 2.24) is 10.2 Å². The predicted octanol–water partition coefficient (Wildman–Crippen LogP) is 2.98. The standard InChI is InChI=1S/C16H26N2O/c1-11(2)18(12(3)4)9-8-13-10-17-14-6-5-7-15(19)16(13)14/h5-7,10-12,14,16-17,19H,8-9H2,1-4H3. The van der Waals surface area contributed by atoms with Gasteiger partial charge in [-0.25, -0.2) is 0 Å². The molecule has 19 heavy (non-hydrogen) atoms. The molecule has 0 amide bonds. The lowest BCUT2D eigenvalue weighted by atomic mass is 9.88. The van der Waals surface area contributed by atoms with Crippen molar-refractivity contribution in [3.8, 4) is 0 Å². The van der Waals surface area contributed by atoms with E-state index >= 15 is 0 Å². The summed E-state index contributed by atoms with van der Waals surface area (Å²) in [5, 5.41) is 13.4. The molecule has 106 valence electrons. The molecule has 2 aliphatic rings. The smallest absolute Gasteiger partial charge is 0.102 e. The summed E-state index contributed by atoms with van der Waals surface area (Å²) in [6.45, 7) is 10.0. The van der Waals surface area contributed by atoms with Crippen LogP contribution in [0, 0.1) is 5.92 Å². The fourth-order valence-corrected chi connectivity index (χ4v) is 3.14. The van der Waals surface area contributed by atoms with Crippen LogP contribution < -0.4 is 5.32 Å². The van der Waals surface area contributed by atoms with E-state index in [0.29, 0.717) is 17.8 Å². The highest BCUT2D eigenvalue weighted by atomic mass is 16.3. The quantitative estimate of drug-likeness (QED) is 0.799. The molecule has 2 rings (SSSR count). The lowest BCUT2D eigenvalue weighted by Crippen LogP contribution is -2.38. The van der Waals surface area contributed by atoms with Crippen LogP contribution >= 0.6 is 0 Å². The molecule has 2 unspecified atom stereocenters. The topological polar surface area (TPSA) is 35.5 Å². The Morgan fingerprint density at radius 2 is 1.95 bits per heavy atom. The first-order chi connectivity index (χ1) is 9.00. The molecule has 3 nitrogen and oxygen atoms in total. The summed E-state index contributed by atoms with van der Waals surface area (Å²) in [6, 6.07) is 1.36. The van der Waals surface area contributed by atoms with E-state index in [0.717, 1.165) is 13.0 Å². The normalized spacial score (nSPS) is 25.6. The molecule has 1 aliphatic heterocycles. The third kappa shape index (κ3) is 3.03. The number of aliphatic hydroxyl groups excluding tert-OH is 1. The molecule has 0 radical (unpaired) electrons. The molecule has 0 aromatic carbocycles. The van der Waals surface area contributed by atoms with Crippen LogP contribution in [0.25, 0.3) is 0 Å². The third-order valence-corrected chi connectivity index (χ3v) is 4.11.